The molecule has 0 aliphatic carbocycles. The highest BCUT2D eigenvalue weighted by Crippen LogP contribution is 2.41. The van der Waals surface area contributed by atoms with E-state index in [9.17, 15) is 0 Å². The van der Waals surface area contributed by atoms with Crippen LogP contribution in [0, 0.1) is 0 Å². The van der Waals surface area contributed by atoms with Gasteiger partial charge in [-0.2, -0.15) is 0 Å². The first-order valence-electron chi connectivity index (χ1n) is 12.5. The fourth-order valence-corrected chi connectivity index (χ4v) is 6.57. The second-order valence-corrected chi connectivity index (χ2v) is 9.82. The molecule has 0 N–H and O–H groups in total. The summed E-state index contributed by atoms with van der Waals surface area (Å²) in [7, 11) is 0. The molecule has 2 heteroatoms. The van der Waals surface area contributed by atoms with Crippen molar-refractivity contribution in [3.63, 3.8) is 0 Å². The number of aromatic nitrogens is 2. The Hall–Kier alpha value is -4.82. The van der Waals surface area contributed by atoms with Crippen LogP contribution < -0.4 is 0 Å². The lowest BCUT2D eigenvalue weighted by Crippen LogP contribution is -1.98. The van der Waals surface area contributed by atoms with Crippen LogP contribution in [0.3, 0.4) is 0 Å². The second-order valence-electron chi connectivity index (χ2n) is 9.82. The van der Waals surface area contributed by atoms with Crippen molar-refractivity contribution in [3.8, 4) is 11.4 Å². The summed E-state index contributed by atoms with van der Waals surface area (Å²) < 4.78 is 4.86. The molecule has 9 aromatic rings. The topological polar surface area (TPSA) is 9.86 Å². The molecule has 166 valence electrons. The molecule has 7 aromatic carbocycles. The molecule has 0 atom stereocenters. The van der Waals surface area contributed by atoms with Gasteiger partial charge in [0.2, 0.25) is 0 Å². The van der Waals surface area contributed by atoms with Gasteiger partial charge in [0.1, 0.15) is 0 Å². The highest BCUT2D eigenvalue weighted by Gasteiger charge is 2.19. The Morgan fingerprint density at radius 3 is 0.944 bits per heavy atom. The molecular weight excluding hydrogens is 436 g/mol. The summed E-state index contributed by atoms with van der Waals surface area (Å²) in [6.07, 6.45) is 0. The van der Waals surface area contributed by atoms with Gasteiger partial charge < -0.3 is 9.13 Å². The summed E-state index contributed by atoms with van der Waals surface area (Å²) in [6, 6.07) is 44.5. The van der Waals surface area contributed by atoms with Crippen LogP contribution in [0.25, 0.3) is 76.5 Å². The monoisotopic (exact) mass is 456 g/mol. The van der Waals surface area contributed by atoms with Crippen molar-refractivity contribution in [2.45, 2.75) is 0 Å². The van der Waals surface area contributed by atoms with Crippen molar-refractivity contribution in [2.24, 2.45) is 0 Å². The number of hydrogen-bond acceptors (Lipinski definition) is 0. The van der Waals surface area contributed by atoms with E-state index in [0.717, 1.165) is 0 Å². The van der Waals surface area contributed by atoms with Gasteiger partial charge >= 0.3 is 0 Å². The predicted molar refractivity (Wildman–Crippen MR) is 153 cm³/mol. The van der Waals surface area contributed by atoms with Crippen LogP contribution in [0.1, 0.15) is 0 Å². The molecule has 2 aromatic heterocycles. The quantitative estimate of drug-likeness (QED) is 0.230. The van der Waals surface area contributed by atoms with E-state index in [4.69, 9.17) is 0 Å². The van der Waals surface area contributed by atoms with Crippen molar-refractivity contribution in [1.29, 1.82) is 0 Å². The minimum Gasteiger partial charge on any atom is -0.309 e. The molecule has 0 radical (unpaired) electrons. The Bertz CT molecular complexity index is 1970. The Balaban J connectivity index is 1.40. The molecule has 0 spiro atoms. The summed E-state index contributed by atoms with van der Waals surface area (Å²) in [5, 5.41) is 10.6. The average Bonchev–Trinajstić information content (AvgIpc) is 3.46. The van der Waals surface area contributed by atoms with Crippen LogP contribution in [0.4, 0.5) is 0 Å². The molecule has 0 unspecified atom stereocenters. The van der Waals surface area contributed by atoms with Crippen molar-refractivity contribution >= 4 is 65.2 Å². The molecule has 0 aliphatic rings. The van der Waals surface area contributed by atoms with E-state index in [1.807, 2.05) is 0 Å². The van der Waals surface area contributed by atoms with E-state index in [2.05, 4.69) is 130 Å². The first-order chi connectivity index (χ1) is 17.9. The fraction of sp³-hybridized carbons (Fsp3) is 0. The number of rotatable bonds is 2. The minimum atomic E-state index is 1.18. The molecule has 0 bridgehead atoms. The molecule has 0 aliphatic heterocycles. The van der Waals surface area contributed by atoms with Gasteiger partial charge in [-0.25, -0.2) is 0 Å². The van der Waals surface area contributed by atoms with E-state index in [0.29, 0.717) is 0 Å². The van der Waals surface area contributed by atoms with Gasteiger partial charge in [-0.3, -0.25) is 0 Å². The Labute approximate surface area is 206 Å². The van der Waals surface area contributed by atoms with E-state index in [1.54, 1.807) is 0 Å². The minimum absolute atomic E-state index is 1.18. The maximum Gasteiger partial charge on any atom is 0.0547 e. The smallest absolute Gasteiger partial charge is 0.0547 e. The van der Waals surface area contributed by atoms with Crippen molar-refractivity contribution < 1.29 is 0 Å². The van der Waals surface area contributed by atoms with Crippen LogP contribution in [0.15, 0.2) is 121 Å². The number of nitrogens with zero attached hydrogens (tertiary/aromatic N) is 2. The van der Waals surface area contributed by atoms with Gasteiger partial charge in [-0.15, -0.1) is 0 Å². The summed E-state index contributed by atoms with van der Waals surface area (Å²) in [5.41, 5.74) is 7.38. The van der Waals surface area contributed by atoms with Crippen LogP contribution in [-0.4, -0.2) is 9.13 Å². The molecule has 9 rings (SSSR count). The Kier molecular flexibility index (Phi) is 3.31. The highest BCUT2D eigenvalue weighted by atomic mass is 15.0. The predicted octanol–water partition coefficient (Wildman–Crippen LogP) is 9.06. The molecule has 36 heavy (non-hydrogen) atoms. The van der Waals surface area contributed by atoms with Gasteiger partial charge in [-0.1, -0.05) is 78.9 Å². The van der Waals surface area contributed by atoms with Crippen LogP contribution in [0.5, 0.6) is 0 Å². The lowest BCUT2D eigenvalue weighted by Gasteiger charge is -2.12. The largest absolute Gasteiger partial charge is 0.309 e. The maximum absolute atomic E-state index is 2.43. The van der Waals surface area contributed by atoms with Crippen LogP contribution >= 0.6 is 0 Å². The number of benzene rings is 7. The Morgan fingerprint density at radius 2 is 0.611 bits per heavy atom. The molecule has 0 saturated heterocycles. The zero-order valence-corrected chi connectivity index (χ0v) is 19.4. The third kappa shape index (κ3) is 2.18. The molecule has 0 amide bonds. The molecular formula is C34H20N2. The molecule has 2 heterocycles. The van der Waals surface area contributed by atoms with Gasteiger partial charge in [-0.05, 0) is 64.0 Å². The van der Waals surface area contributed by atoms with Crippen molar-refractivity contribution in [1.82, 2.24) is 9.13 Å². The molecule has 2 nitrogen and oxygen atoms in total. The first kappa shape index (κ1) is 18.5. The van der Waals surface area contributed by atoms with Crippen LogP contribution in [-0.2, 0) is 0 Å². The summed E-state index contributed by atoms with van der Waals surface area (Å²) in [4.78, 5) is 0. The third-order valence-electron chi connectivity index (χ3n) is 7.99. The Morgan fingerprint density at radius 1 is 0.306 bits per heavy atom. The highest BCUT2D eigenvalue weighted by molar-refractivity contribution is 6.25. The zero-order chi connectivity index (χ0) is 23.4. The lowest BCUT2D eigenvalue weighted by molar-refractivity contribution is 1.13. The van der Waals surface area contributed by atoms with Gasteiger partial charge in [0, 0.05) is 32.9 Å². The van der Waals surface area contributed by atoms with E-state index >= 15 is 0 Å². The lowest BCUT2D eigenvalue weighted by atomic mass is 10.0. The van der Waals surface area contributed by atoms with E-state index < -0.39 is 0 Å². The normalized spacial score (nSPS) is 12.4. The standard InChI is InChI=1S/C34H20N2/c1-6-21-16-17-22-7-2-13-28-32(22)31(21)27(12-1)35(28)25-10-5-11-26(20-25)36-29-14-3-8-23-18-19-24-9-4-15-30(36)34(24)33(23)29/h1-20H. The van der Waals surface area contributed by atoms with Gasteiger partial charge in [0.25, 0.3) is 0 Å². The summed E-state index contributed by atoms with van der Waals surface area (Å²) in [6.45, 7) is 0. The van der Waals surface area contributed by atoms with Crippen LogP contribution in [0.2, 0.25) is 0 Å². The maximum atomic E-state index is 2.43. The van der Waals surface area contributed by atoms with E-state index in [-0.39, 0.29) is 0 Å². The summed E-state index contributed by atoms with van der Waals surface area (Å²) in [5.74, 6) is 0. The SMILES string of the molecule is c1cc(-n2c3cccc4ccc5cccc2c5c43)cc(-n2c3cccc4ccc5cccc2c5c43)c1. The fourth-order valence-electron chi connectivity index (χ4n) is 6.57. The average molecular weight is 457 g/mol. The second kappa shape index (κ2) is 6.44. The first-order valence-corrected chi connectivity index (χ1v) is 12.5. The van der Waals surface area contributed by atoms with Crippen molar-refractivity contribution in [3.05, 3.63) is 121 Å². The van der Waals surface area contributed by atoms with Gasteiger partial charge in [0.05, 0.1) is 22.1 Å². The third-order valence-corrected chi connectivity index (χ3v) is 7.99. The summed E-state index contributed by atoms with van der Waals surface area (Å²) >= 11 is 0. The molecule has 0 saturated carbocycles. The van der Waals surface area contributed by atoms with Crippen molar-refractivity contribution in [2.75, 3.05) is 0 Å². The van der Waals surface area contributed by atoms with E-state index in [1.165, 1.54) is 76.5 Å². The molecule has 0 fully saturated rings. The van der Waals surface area contributed by atoms with Gasteiger partial charge in [0.15, 0.2) is 0 Å². The zero-order valence-electron chi connectivity index (χ0n) is 19.4. The number of hydrogen-bond donors (Lipinski definition) is 0.